The fourth-order valence-electron chi connectivity index (χ4n) is 3.22. The van der Waals surface area contributed by atoms with Crippen molar-refractivity contribution in [2.45, 2.75) is 18.7 Å². The summed E-state index contributed by atoms with van der Waals surface area (Å²) >= 11 is 1.42. The smallest absolute Gasteiger partial charge is 0.287 e. The number of nitrogens with zero attached hydrogens (tertiary/aromatic N) is 6. The first-order chi connectivity index (χ1) is 15.6. The fourth-order valence-corrected chi connectivity index (χ4v) is 4.05. The molecule has 32 heavy (non-hydrogen) atoms. The highest BCUT2D eigenvalue weighted by Crippen LogP contribution is 2.26. The van der Waals surface area contributed by atoms with Gasteiger partial charge in [0.25, 0.3) is 5.69 Å². The number of para-hydroxylation sites is 1. The Balaban J connectivity index is 1.47. The molecule has 0 fully saturated rings. The molecule has 0 radical (unpaired) electrons. The van der Waals surface area contributed by atoms with Gasteiger partial charge in [-0.15, -0.1) is 10.2 Å². The highest BCUT2D eigenvalue weighted by atomic mass is 32.2. The van der Waals surface area contributed by atoms with Crippen LogP contribution >= 0.6 is 11.8 Å². The third-order valence-electron chi connectivity index (χ3n) is 4.89. The second kappa shape index (κ2) is 8.35. The maximum absolute atomic E-state index is 12.5. The molecule has 2 aromatic heterocycles. The lowest BCUT2D eigenvalue weighted by Gasteiger charge is -2.13. The zero-order valence-electron chi connectivity index (χ0n) is 17.3. The Hall–Kier alpha value is -3.86. The molecule has 0 saturated carbocycles. The topological polar surface area (TPSA) is 115 Å². The summed E-state index contributed by atoms with van der Waals surface area (Å²) in [5, 5.41) is 30.0. The maximum atomic E-state index is 12.5. The highest BCUT2D eigenvalue weighted by molar-refractivity contribution is 7.99. The first-order valence-corrected chi connectivity index (χ1v) is 10.7. The van der Waals surface area contributed by atoms with E-state index in [0.29, 0.717) is 33.9 Å². The lowest BCUT2D eigenvalue weighted by atomic mass is 10.2. The molecule has 0 N–H and O–H groups in total. The second-order valence-corrected chi connectivity index (χ2v) is 7.86. The molecule has 0 atom stereocenters. The van der Waals surface area contributed by atoms with Gasteiger partial charge in [-0.05, 0) is 35.4 Å². The largest absolute Gasteiger partial charge is 0.539 e. The standard InChI is InChI=1S/C21H18N6O4S/c1-13-5-3-4-6-17(13)30-11-18-22-23-21-27(18)24-16(12-32-21)19-20(28)31-25-26(19)14-7-9-15(29-2)10-8-14/h3-10H,11-12H2,1-2H3. The molecule has 0 amide bonds. The van der Waals surface area contributed by atoms with Gasteiger partial charge in [0, 0.05) is 12.1 Å². The number of methoxy groups -OCH3 is 1. The van der Waals surface area contributed by atoms with E-state index < -0.39 is 5.95 Å². The molecular weight excluding hydrogens is 432 g/mol. The third-order valence-corrected chi connectivity index (χ3v) is 5.82. The molecule has 0 aliphatic carbocycles. The van der Waals surface area contributed by atoms with E-state index in [0.717, 1.165) is 11.3 Å². The Bertz CT molecular complexity index is 1300. The molecule has 11 heteroatoms. The van der Waals surface area contributed by atoms with Gasteiger partial charge >= 0.3 is 0 Å². The molecule has 3 heterocycles. The molecule has 2 aromatic carbocycles. The van der Waals surface area contributed by atoms with E-state index in [9.17, 15) is 5.11 Å². The van der Waals surface area contributed by atoms with Crippen LogP contribution < -0.4 is 19.3 Å². The van der Waals surface area contributed by atoms with Crippen LogP contribution in [0.1, 0.15) is 17.1 Å². The van der Waals surface area contributed by atoms with Crippen LogP contribution in [-0.4, -0.2) is 38.7 Å². The van der Waals surface area contributed by atoms with Crippen molar-refractivity contribution in [1.29, 1.82) is 0 Å². The molecule has 0 unspecified atom stereocenters. The van der Waals surface area contributed by atoms with Crippen LogP contribution in [0.5, 0.6) is 17.4 Å². The van der Waals surface area contributed by atoms with Gasteiger partial charge in [-0.3, -0.25) is 0 Å². The molecular formula is C21H18N6O4S. The Morgan fingerprint density at radius 1 is 1.16 bits per heavy atom. The van der Waals surface area contributed by atoms with Gasteiger partial charge in [0.05, 0.1) is 18.1 Å². The molecule has 0 bridgehead atoms. The second-order valence-electron chi connectivity index (χ2n) is 6.92. The normalized spacial score (nSPS) is 12.9. The maximum Gasteiger partial charge on any atom is 0.287 e. The van der Waals surface area contributed by atoms with Gasteiger partial charge in [-0.25, -0.2) is 0 Å². The number of rotatable bonds is 6. The van der Waals surface area contributed by atoms with Crippen LogP contribution in [0.25, 0.3) is 5.69 Å². The van der Waals surface area contributed by atoms with Gasteiger partial charge in [-0.2, -0.15) is 9.78 Å². The van der Waals surface area contributed by atoms with Crippen molar-refractivity contribution in [3.05, 3.63) is 65.6 Å². The number of hydrogen-bond donors (Lipinski definition) is 0. The van der Waals surface area contributed by atoms with Gasteiger partial charge in [0.15, 0.2) is 11.8 Å². The molecule has 4 aromatic rings. The molecule has 1 aliphatic heterocycles. The third kappa shape index (κ3) is 3.66. The number of aryl methyl sites for hydroxylation is 1. The summed E-state index contributed by atoms with van der Waals surface area (Å²) in [6, 6.07) is 14.9. The average molecular weight is 450 g/mol. The van der Waals surface area contributed by atoms with Crippen LogP contribution in [0.4, 0.5) is 0 Å². The Kier molecular flexibility index (Phi) is 5.23. The summed E-state index contributed by atoms with van der Waals surface area (Å²) in [6.45, 7) is 2.15. The Morgan fingerprint density at radius 2 is 1.97 bits per heavy atom. The number of ether oxygens (including phenoxy) is 2. The fraction of sp³-hybridized carbons (Fsp3) is 0.190. The van der Waals surface area contributed by atoms with E-state index in [2.05, 4.69) is 20.6 Å². The van der Waals surface area contributed by atoms with Gasteiger partial charge in [-0.1, -0.05) is 30.0 Å². The Morgan fingerprint density at radius 3 is 2.75 bits per heavy atom. The van der Waals surface area contributed by atoms with Gasteiger partial charge in [0.1, 0.15) is 23.8 Å². The monoisotopic (exact) mass is 450 g/mol. The molecule has 10 nitrogen and oxygen atoms in total. The van der Waals surface area contributed by atoms with Crippen LogP contribution in [-0.2, 0) is 6.61 Å². The molecule has 5 rings (SSSR count). The van der Waals surface area contributed by atoms with Crippen molar-refractivity contribution >= 4 is 17.5 Å². The SMILES string of the molecule is COc1ccc(-[n+]2noc([O-])c2C2=Nn3c(COc4ccccc4C)nnc3SC2)cc1. The molecule has 162 valence electrons. The van der Waals surface area contributed by atoms with E-state index in [1.165, 1.54) is 16.4 Å². The van der Waals surface area contributed by atoms with Crippen molar-refractivity contribution in [3.63, 3.8) is 0 Å². The lowest BCUT2D eigenvalue weighted by molar-refractivity contribution is -0.671. The number of benzene rings is 2. The van der Waals surface area contributed by atoms with Crippen LogP contribution in [0.2, 0.25) is 0 Å². The molecule has 0 saturated heterocycles. The summed E-state index contributed by atoms with van der Waals surface area (Å²) in [5.74, 6) is 1.82. The summed E-state index contributed by atoms with van der Waals surface area (Å²) in [5.41, 5.74) is 2.41. The van der Waals surface area contributed by atoms with E-state index in [-0.39, 0.29) is 12.3 Å². The lowest BCUT2D eigenvalue weighted by Crippen LogP contribution is -2.40. The zero-order chi connectivity index (χ0) is 22.1. The minimum absolute atomic E-state index is 0.182. The number of thioether (sulfide) groups is 1. The Labute approximate surface area is 187 Å². The highest BCUT2D eigenvalue weighted by Gasteiger charge is 2.30. The molecule has 1 aliphatic rings. The summed E-state index contributed by atoms with van der Waals surface area (Å²) in [6.07, 6.45) is 0. The first-order valence-electron chi connectivity index (χ1n) is 9.71. The summed E-state index contributed by atoms with van der Waals surface area (Å²) in [7, 11) is 1.59. The van der Waals surface area contributed by atoms with E-state index in [1.54, 1.807) is 36.1 Å². The van der Waals surface area contributed by atoms with E-state index >= 15 is 0 Å². The van der Waals surface area contributed by atoms with Crippen molar-refractivity contribution in [3.8, 4) is 23.1 Å². The average Bonchev–Trinajstić information content (AvgIpc) is 3.41. The predicted molar refractivity (Wildman–Crippen MR) is 112 cm³/mol. The minimum atomic E-state index is -0.575. The molecule has 0 spiro atoms. The van der Waals surface area contributed by atoms with Crippen LogP contribution in [0.3, 0.4) is 0 Å². The van der Waals surface area contributed by atoms with Crippen molar-refractivity contribution in [2.75, 3.05) is 12.9 Å². The van der Waals surface area contributed by atoms with E-state index in [1.807, 2.05) is 31.2 Å². The summed E-state index contributed by atoms with van der Waals surface area (Å²) in [4.78, 5) is 0. The van der Waals surface area contributed by atoms with Crippen LogP contribution in [0.15, 0.2) is 63.3 Å². The van der Waals surface area contributed by atoms with Gasteiger partial charge in [0.2, 0.25) is 10.8 Å². The quantitative estimate of drug-likeness (QED) is 0.409. The predicted octanol–water partition coefficient (Wildman–Crippen LogP) is 1.87. The van der Waals surface area contributed by atoms with Gasteiger partial charge < -0.3 is 19.1 Å². The van der Waals surface area contributed by atoms with Crippen LogP contribution in [0, 0.1) is 6.92 Å². The zero-order valence-corrected chi connectivity index (χ0v) is 18.1. The minimum Gasteiger partial charge on any atom is -0.539 e. The first kappa shape index (κ1) is 20.1. The summed E-state index contributed by atoms with van der Waals surface area (Å²) < 4.78 is 19.1. The number of fused-ring (bicyclic) bond motifs is 1. The van der Waals surface area contributed by atoms with Crippen molar-refractivity contribution in [2.24, 2.45) is 5.10 Å². The van der Waals surface area contributed by atoms with Crippen molar-refractivity contribution in [1.82, 2.24) is 20.1 Å². The number of hydrogen-bond acceptors (Lipinski definition) is 9. The number of aromatic nitrogens is 5. The van der Waals surface area contributed by atoms with E-state index in [4.69, 9.17) is 14.0 Å². The van der Waals surface area contributed by atoms with Crippen molar-refractivity contribution < 1.29 is 23.8 Å².